The van der Waals surface area contributed by atoms with Crippen molar-refractivity contribution in [2.75, 3.05) is 0 Å². The highest BCUT2D eigenvalue weighted by atomic mass is 32.2. The van der Waals surface area contributed by atoms with Crippen molar-refractivity contribution in [3.8, 4) is 0 Å². The molecule has 0 fully saturated rings. The lowest BCUT2D eigenvalue weighted by Gasteiger charge is -2.36. The van der Waals surface area contributed by atoms with E-state index in [1.807, 2.05) is 6.92 Å². The highest BCUT2D eigenvalue weighted by Crippen LogP contribution is 2.43. The van der Waals surface area contributed by atoms with Gasteiger partial charge in [-0.05, 0) is 90.1 Å². The Balaban J connectivity index is 2.18. The first-order chi connectivity index (χ1) is 21.2. The zero-order chi connectivity index (χ0) is 34.6. The Morgan fingerprint density at radius 2 is 0.913 bits per heavy atom. The van der Waals surface area contributed by atoms with Gasteiger partial charge in [0.05, 0.1) is 14.7 Å². The van der Waals surface area contributed by atoms with Crippen molar-refractivity contribution >= 4 is 42.3 Å². The topological polar surface area (TPSA) is 252 Å². The van der Waals surface area contributed by atoms with Crippen molar-refractivity contribution < 1.29 is 58.7 Å². The van der Waals surface area contributed by atoms with Gasteiger partial charge in [0.25, 0.3) is 0 Å². The van der Waals surface area contributed by atoms with Gasteiger partial charge in [-0.1, -0.05) is 50.2 Å². The third-order valence-corrected chi connectivity index (χ3v) is 10.6. The second kappa shape index (κ2) is 14.4. The molecule has 0 bridgehead atoms. The highest BCUT2D eigenvalue weighted by molar-refractivity contribution is 7.86. The van der Waals surface area contributed by atoms with Crippen LogP contribution in [0.15, 0.2) is 87.5 Å². The van der Waals surface area contributed by atoms with Crippen LogP contribution < -0.4 is 10.2 Å². The smallest absolute Gasteiger partial charge is 0.124 e. The van der Waals surface area contributed by atoms with E-state index in [4.69, 9.17) is 0 Å². The van der Waals surface area contributed by atoms with Gasteiger partial charge in [0.15, 0.2) is 0 Å². The first-order valence-electron chi connectivity index (χ1n) is 13.8. The summed E-state index contributed by atoms with van der Waals surface area (Å²) in [5.74, 6) is -8.97. The van der Waals surface area contributed by atoms with E-state index in [1.165, 1.54) is 36.4 Å². The van der Waals surface area contributed by atoms with Crippen molar-refractivity contribution in [2.24, 2.45) is 11.8 Å². The van der Waals surface area contributed by atoms with E-state index in [2.05, 4.69) is 0 Å². The van der Waals surface area contributed by atoms with Crippen molar-refractivity contribution in [2.45, 2.75) is 65.6 Å². The number of carboxylic acid groups (broad SMARTS) is 2. The van der Waals surface area contributed by atoms with Crippen molar-refractivity contribution in [3.05, 3.63) is 89.5 Å². The number of carbonyl (C=O) groups is 2. The van der Waals surface area contributed by atoms with Crippen LogP contribution in [0.2, 0.25) is 0 Å². The molecule has 0 amide bonds. The molecule has 0 aliphatic heterocycles. The molecule has 0 heterocycles. The molecule has 0 aliphatic carbocycles. The number of hydrogen-bond acceptors (Lipinski definition) is 13. The fourth-order valence-corrected chi connectivity index (χ4v) is 7.01. The van der Waals surface area contributed by atoms with Crippen LogP contribution >= 0.6 is 0 Å². The average molecular weight is 694 g/mol. The minimum absolute atomic E-state index is 0.132. The van der Waals surface area contributed by atoms with Crippen LogP contribution in [0.25, 0.3) is 0 Å². The van der Waals surface area contributed by atoms with E-state index < -0.39 is 80.7 Å². The van der Waals surface area contributed by atoms with E-state index in [0.717, 1.165) is 43.3 Å². The quantitative estimate of drug-likeness (QED) is 0.202. The van der Waals surface area contributed by atoms with Crippen LogP contribution in [-0.4, -0.2) is 50.9 Å². The molecule has 0 aliphatic rings. The van der Waals surface area contributed by atoms with Crippen molar-refractivity contribution in [1.29, 1.82) is 0 Å². The maximum absolute atomic E-state index is 12.4. The molecule has 0 radical (unpaired) electrons. The summed E-state index contributed by atoms with van der Waals surface area (Å²) in [5.41, 5.74) is 1.21. The van der Waals surface area contributed by atoms with Gasteiger partial charge in [-0.3, -0.25) is 0 Å². The monoisotopic (exact) mass is 693 g/mol. The number of rotatable bonds is 15. The summed E-state index contributed by atoms with van der Waals surface area (Å²) >= 11 is 0. The summed E-state index contributed by atoms with van der Waals surface area (Å²) in [4.78, 5) is 22.8. The average Bonchev–Trinajstić information content (AvgIpc) is 2.97. The largest absolute Gasteiger partial charge is 0.744 e. The molecule has 3 rings (SSSR count). The number of hydrogen-bond donors (Lipinski definition) is 0. The highest BCUT2D eigenvalue weighted by Gasteiger charge is 2.33. The molecule has 0 aromatic heterocycles. The lowest BCUT2D eigenvalue weighted by Crippen LogP contribution is -2.45. The van der Waals surface area contributed by atoms with Gasteiger partial charge in [-0.15, -0.1) is 0 Å². The maximum atomic E-state index is 12.4. The zero-order valence-corrected chi connectivity index (χ0v) is 26.9. The van der Waals surface area contributed by atoms with Crippen LogP contribution in [0.4, 0.5) is 0 Å². The van der Waals surface area contributed by atoms with Gasteiger partial charge in [0.1, 0.15) is 30.4 Å². The number of benzene rings is 3. The van der Waals surface area contributed by atoms with Crippen LogP contribution in [0, 0.1) is 11.8 Å². The molecule has 3 aromatic carbocycles. The molecule has 0 N–H and O–H groups in total. The summed E-state index contributed by atoms with van der Waals surface area (Å²) in [6.07, 6.45) is 0.520. The molecule has 46 heavy (non-hydrogen) atoms. The predicted molar refractivity (Wildman–Crippen MR) is 154 cm³/mol. The van der Waals surface area contributed by atoms with Crippen molar-refractivity contribution in [3.63, 3.8) is 0 Å². The number of carbonyl (C=O) groups excluding carboxylic acids is 2. The molecule has 3 aromatic rings. The van der Waals surface area contributed by atoms with E-state index in [0.29, 0.717) is 17.5 Å². The molecule has 0 saturated carbocycles. The first-order valence-corrected chi connectivity index (χ1v) is 18.1. The molecule has 5 unspecified atom stereocenters. The van der Waals surface area contributed by atoms with Gasteiger partial charge in [-0.25, -0.2) is 25.3 Å². The first kappa shape index (κ1) is 36.8. The lowest BCUT2D eigenvalue weighted by molar-refractivity contribution is -0.327. The van der Waals surface area contributed by atoms with Gasteiger partial charge in [0, 0.05) is 23.8 Å². The molecule has 16 heteroatoms. The van der Waals surface area contributed by atoms with Gasteiger partial charge in [0.2, 0.25) is 0 Å². The van der Waals surface area contributed by atoms with Gasteiger partial charge < -0.3 is 33.5 Å². The Bertz CT molecular complexity index is 1870. The van der Waals surface area contributed by atoms with Crippen LogP contribution in [0.5, 0.6) is 0 Å². The Morgan fingerprint density at radius 3 is 1.22 bits per heavy atom. The Labute approximate surface area is 267 Å². The Kier molecular flexibility index (Phi) is 11.5. The number of aliphatic carboxylic acids is 2. The van der Waals surface area contributed by atoms with Crippen LogP contribution in [0.1, 0.15) is 67.6 Å². The zero-order valence-electron chi connectivity index (χ0n) is 24.5. The van der Waals surface area contributed by atoms with E-state index >= 15 is 0 Å². The Hall–Kier alpha value is -3.67. The van der Waals surface area contributed by atoms with E-state index in [1.54, 1.807) is 0 Å². The van der Waals surface area contributed by atoms with Crippen molar-refractivity contribution in [1.82, 2.24) is 0 Å². The summed E-state index contributed by atoms with van der Waals surface area (Å²) in [7, 11) is -14.4. The summed E-state index contributed by atoms with van der Waals surface area (Å²) in [6, 6.07) is 14.4. The molecule has 13 nitrogen and oxygen atoms in total. The minimum atomic E-state index is -4.87. The SMILES string of the molecule is CCC(CC(CC(c1ccc(S(=O)(=O)[O-])cc1)C(C(=O)[O-])C(C)C(=O)[O-])c1ccc(S(=O)(=O)[O-])cc1)c1ccc(S(=O)(=O)[O-])cc1. The summed E-state index contributed by atoms with van der Waals surface area (Å²) in [5, 5.41) is 24.3. The second-order valence-corrected chi connectivity index (χ2v) is 15.0. The lowest BCUT2D eigenvalue weighted by atomic mass is 9.71. The predicted octanol–water partition coefficient (Wildman–Crippen LogP) is 0.992. The summed E-state index contributed by atoms with van der Waals surface area (Å²) < 4.78 is 104. The minimum Gasteiger partial charge on any atom is -0.744 e. The van der Waals surface area contributed by atoms with E-state index in [9.17, 15) is 58.7 Å². The summed E-state index contributed by atoms with van der Waals surface area (Å²) in [6.45, 7) is 2.93. The third-order valence-electron chi connectivity index (χ3n) is 8.09. The van der Waals surface area contributed by atoms with Gasteiger partial charge >= 0.3 is 0 Å². The number of carboxylic acids is 2. The van der Waals surface area contributed by atoms with E-state index in [-0.39, 0.29) is 24.3 Å². The second-order valence-electron chi connectivity index (χ2n) is 10.9. The fraction of sp³-hybridized carbons (Fsp3) is 0.333. The van der Waals surface area contributed by atoms with Gasteiger partial charge in [-0.2, -0.15) is 0 Å². The Morgan fingerprint density at radius 1 is 0.565 bits per heavy atom. The fourth-order valence-electron chi connectivity index (χ4n) is 5.61. The molecule has 5 atom stereocenters. The third kappa shape index (κ3) is 9.20. The van der Waals surface area contributed by atoms with Crippen LogP contribution in [-0.2, 0) is 39.9 Å². The molecule has 0 saturated heterocycles. The molecular weight excluding hydrogens is 665 g/mol. The molecule has 250 valence electrons. The molecular formula is C30H29O13S3-5. The standard InChI is InChI=1S/C30H34O13S3/c1-3-19(20-4-10-24(11-5-20)44(35,36)37)16-23(21-6-12-25(13-7-21)45(38,39)40)17-27(28(30(33)34)18(2)29(31)32)22-8-14-26(15-9-22)46(41,42)43/h4-15,18-19,23,27-28H,3,16-17H2,1-2H3,(H,31,32)(H,33,34)(H,35,36,37)(H,38,39,40)(H,41,42,43)/p-5. The maximum Gasteiger partial charge on any atom is 0.124 e. The van der Waals surface area contributed by atoms with Crippen LogP contribution in [0.3, 0.4) is 0 Å². The molecule has 0 spiro atoms. The normalized spacial score (nSPS) is 15.8.